The van der Waals surface area contributed by atoms with Crippen LogP contribution >= 0.6 is 0 Å². The molecule has 0 aromatic rings. The maximum atomic E-state index is 3.40. The average molecular weight is 198 g/mol. The largest absolute Gasteiger partial charge is 0.314 e. The summed E-state index contributed by atoms with van der Waals surface area (Å²) < 4.78 is 0. The van der Waals surface area contributed by atoms with E-state index in [4.69, 9.17) is 0 Å². The van der Waals surface area contributed by atoms with Crippen LogP contribution in [0.25, 0.3) is 0 Å². The fraction of sp³-hybridized carbons (Fsp3) is 1.00. The standard InChI is InChI=1S/C12H26N2/c1-4-5-6-12(2,3)11-14-9-7-13-8-10-14/h13H,4-11H2,1-3H3. The van der Waals surface area contributed by atoms with Crippen molar-refractivity contribution < 1.29 is 0 Å². The minimum atomic E-state index is 0.507. The van der Waals surface area contributed by atoms with Crippen LogP contribution in [0.15, 0.2) is 0 Å². The molecule has 0 aromatic heterocycles. The third-order valence-corrected chi connectivity index (χ3v) is 3.07. The monoisotopic (exact) mass is 198 g/mol. The fourth-order valence-corrected chi connectivity index (χ4v) is 2.21. The number of rotatable bonds is 5. The first-order chi connectivity index (χ1) is 6.64. The van der Waals surface area contributed by atoms with Crippen molar-refractivity contribution in [3.05, 3.63) is 0 Å². The second-order valence-corrected chi connectivity index (χ2v) is 5.29. The molecule has 1 saturated heterocycles. The quantitative estimate of drug-likeness (QED) is 0.728. The van der Waals surface area contributed by atoms with E-state index in [2.05, 4.69) is 31.0 Å². The highest BCUT2D eigenvalue weighted by atomic mass is 15.2. The van der Waals surface area contributed by atoms with Crippen molar-refractivity contribution in [2.45, 2.75) is 40.0 Å². The van der Waals surface area contributed by atoms with Crippen LogP contribution < -0.4 is 5.32 Å². The van der Waals surface area contributed by atoms with E-state index in [1.54, 1.807) is 0 Å². The molecular formula is C12H26N2. The highest BCUT2D eigenvalue weighted by Crippen LogP contribution is 2.24. The van der Waals surface area contributed by atoms with Gasteiger partial charge in [0.15, 0.2) is 0 Å². The van der Waals surface area contributed by atoms with Crippen LogP contribution in [0, 0.1) is 5.41 Å². The van der Waals surface area contributed by atoms with Crippen molar-refractivity contribution in [3.63, 3.8) is 0 Å². The van der Waals surface area contributed by atoms with E-state index in [0.717, 1.165) is 0 Å². The molecule has 0 saturated carbocycles. The molecule has 2 nitrogen and oxygen atoms in total. The minimum Gasteiger partial charge on any atom is -0.314 e. The molecule has 0 atom stereocenters. The van der Waals surface area contributed by atoms with Crippen LogP contribution in [0.1, 0.15) is 40.0 Å². The summed E-state index contributed by atoms with van der Waals surface area (Å²) >= 11 is 0. The van der Waals surface area contributed by atoms with E-state index in [1.807, 2.05) is 0 Å². The third-order valence-electron chi connectivity index (χ3n) is 3.07. The maximum absolute atomic E-state index is 3.40. The summed E-state index contributed by atoms with van der Waals surface area (Å²) in [7, 11) is 0. The van der Waals surface area contributed by atoms with Crippen molar-refractivity contribution in [3.8, 4) is 0 Å². The van der Waals surface area contributed by atoms with Crippen molar-refractivity contribution in [1.29, 1.82) is 0 Å². The highest BCUT2D eigenvalue weighted by Gasteiger charge is 2.21. The zero-order chi connectivity index (χ0) is 10.4. The Kier molecular flexibility index (Phi) is 4.90. The number of hydrogen-bond donors (Lipinski definition) is 1. The smallest absolute Gasteiger partial charge is 0.0108 e. The molecule has 1 aliphatic rings. The summed E-state index contributed by atoms with van der Waals surface area (Å²) in [6.45, 7) is 13.2. The van der Waals surface area contributed by atoms with Gasteiger partial charge in [-0.2, -0.15) is 0 Å². The second-order valence-electron chi connectivity index (χ2n) is 5.29. The number of hydrogen-bond acceptors (Lipinski definition) is 2. The van der Waals surface area contributed by atoms with E-state index >= 15 is 0 Å². The Bertz CT molecular complexity index is 148. The molecule has 0 amide bonds. The van der Waals surface area contributed by atoms with Gasteiger partial charge >= 0.3 is 0 Å². The van der Waals surface area contributed by atoms with E-state index < -0.39 is 0 Å². The van der Waals surface area contributed by atoms with Crippen LogP contribution in [0.2, 0.25) is 0 Å². The lowest BCUT2D eigenvalue weighted by Crippen LogP contribution is -2.46. The predicted molar refractivity (Wildman–Crippen MR) is 62.6 cm³/mol. The summed E-state index contributed by atoms with van der Waals surface area (Å²) in [4.78, 5) is 2.60. The summed E-state index contributed by atoms with van der Waals surface area (Å²) in [5.41, 5.74) is 0.507. The molecule has 1 fully saturated rings. The van der Waals surface area contributed by atoms with Crippen molar-refractivity contribution in [2.24, 2.45) is 5.41 Å². The van der Waals surface area contributed by atoms with E-state index in [9.17, 15) is 0 Å². The van der Waals surface area contributed by atoms with Crippen molar-refractivity contribution in [1.82, 2.24) is 10.2 Å². The zero-order valence-electron chi connectivity index (χ0n) is 10.1. The first-order valence-corrected chi connectivity index (χ1v) is 6.07. The number of nitrogens with zero attached hydrogens (tertiary/aromatic N) is 1. The normalized spacial score (nSPS) is 19.9. The van der Waals surface area contributed by atoms with Gasteiger partial charge in [0.05, 0.1) is 0 Å². The number of nitrogens with one attached hydrogen (secondary N) is 1. The van der Waals surface area contributed by atoms with Gasteiger partial charge in [-0.3, -0.25) is 0 Å². The van der Waals surface area contributed by atoms with E-state index in [0.29, 0.717) is 5.41 Å². The zero-order valence-corrected chi connectivity index (χ0v) is 10.1. The van der Waals surface area contributed by atoms with Gasteiger partial charge in [-0.15, -0.1) is 0 Å². The Balaban J connectivity index is 2.25. The van der Waals surface area contributed by atoms with Crippen LogP contribution in [0.3, 0.4) is 0 Å². The van der Waals surface area contributed by atoms with Crippen molar-refractivity contribution >= 4 is 0 Å². The van der Waals surface area contributed by atoms with Gasteiger partial charge in [-0.1, -0.05) is 33.6 Å². The van der Waals surface area contributed by atoms with Crippen LogP contribution in [-0.2, 0) is 0 Å². The molecule has 14 heavy (non-hydrogen) atoms. The molecule has 0 unspecified atom stereocenters. The lowest BCUT2D eigenvalue weighted by atomic mass is 9.86. The Morgan fingerprint density at radius 3 is 2.43 bits per heavy atom. The second kappa shape index (κ2) is 5.72. The molecule has 1 aliphatic heterocycles. The van der Waals surface area contributed by atoms with Gasteiger partial charge in [0.2, 0.25) is 0 Å². The van der Waals surface area contributed by atoms with Crippen LogP contribution in [0.4, 0.5) is 0 Å². The topological polar surface area (TPSA) is 15.3 Å². The van der Waals surface area contributed by atoms with Gasteiger partial charge in [-0.25, -0.2) is 0 Å². The van der Waals surface area contributed by atoms with E-state index in [-0.39, 0.29) is 0 Å². The predicted octanol–water partition coefficient (Wildman–Crippen LogP) is 2.11. The average Bonchev–Trinajstić information content (AvgIpc) is 2.16. The summed E-state index contributed by atoms with van der Waals surface area (Å²) in [5.74, 6) is 0. The molecular weight excluding hydrogens is 172 g/mol. The first-order valence-electron chi connectivity index (χ1n) is 6.07. The molecule has 0 radical (unpaired) electrons. The van der Waals surface area contributed by atoms with Crippen molar-refractivity contribution in [2.75, 3.05) is 32.7 Å². The van der Waals surface area contributed by atoms with Crippen LogP contribution in [0.5, 0.6) is 0 Å². The minimum absolute atomic E-state index is 0.507. The molecule has 84 valence electrons. The molecule has 0 bridgehead atoms. The lowest BCUT2D eigenvalue weighted by Gasteiger charge is -2.35. The molecule has 0 spiro atoms. The lowest BCUT2D eigenvalue weighted by molar-refractivity contribution is 0.151. The van der Waals surface area contributed by atoms with Gasteiger partial charge in [0, 0.05) is 32.7 Å². The van der Waals surface area contributed by atoms with Gasteiger partial charge in [-0.05, 0) is 11.8 Å². The summed E-state index contributed by atoms with van der Waals surface area (Å²) in [6.07, 6.45) is 4.07. The summed E-state index contributed by atoms with van der Waals surface area (Å²) in [6, 6.07) is 0. The Hall–Kier alpha value is -0.0800. The maximum Gasteiger partial charge on any atom is 0.0108 e. The Morgan fingerprint density at radius 2 is 1.86 bits per heavy atom. The molecule has 1 N–H and O–H groups in total. The fourth-order valence-electron chi connectivity index (χ4n) is 2.21. The Morgan fingerprint density at radius 1 is 1.21 bits per heavy atom. The molecule has 1 rings (SSSR count). The van der Waals surface area contributed by atoms with Gasteiger partial charge in [0.1, 0.15) is 0 Å². The highest BCUT2D eigenvalue weighted by molar-refractivity contribution is 4.77. The van der Waals surface area contributed by atoms with Gasteiger partial charge in [0.25, 0.3) is 0 Å². The molecule has 1 heterocycles. The van der Waals surface area contributed by atoms with Gasteiger partial charge < -0.3 is 10.2 Å². The molecule has 0 aromatic carbocycles. The molecule has 2 heteroatoms. The third kappa shape index (κ3) is 4.43. The van der Waals surface area contributed by atoms with E-state index in [1.165, 1.54) is 52.0 Å². The number of unbranched alkanes of at least 4 members (excludes halogenated alkanes) is 1. The first kappa shape index (κ1) is 12.0. The molecule has 0 aliphatic carbocycles. The number of piperazine rings is 1. The van der Waals surface area contributed by atoms with Crippen LogP contribution in [-0.4, -0.2) is 37.6 Å². The Labute approximate surface area is 89.1 Å². The SMILES string of the molecule is CCCCC(C)(C)CN1CCNCC1. The summed E-state index contributed by atoms with van der Waals surface area (Å²) in [5, 5.41) is 3.40.